The molecule has 2 unspecified atom stereocenters. The maximum absolute atomic E-state index is 12.7. The van der Waals surface area contributed by atoms with Gasteiger partial charge in [0, 0.05) is 23.8 Å². The summed E-state index contributed by atoms with van der Waals surface area (Å²) in [6.07, 6.45) is 4.25. The van der Waals surface area contributed by atoms with Gasteiger partial charge in [0.15, 0.2) is 0 Å². The second kappa shape index (κ2) is 7.60. The number of amidine groups is 1. The van der Waals surface area contributed by atoms with E-state index in [4.69, 9.17) is 17.3 Å². The maximum atomic E-state index is 12.7. The second-order valence-electron chi connectivity index (χ2n) is 6.43. The van der Waals surface area contributed by atoms with E-state index in [9.17, 15) is 12.6 Å². The van der Waals surface area contributed by atoms with Crippen LogP contribution in [0.4, 0.5) is 0 Å². The van der Waals surface area contributed by atoms with Gasteiger partial charge < -0.3 is 5.73 Å². The Morgan fingerprint density at radius 2 is 2.27 bits per heavy atom. The topological polar surface area (TPSA) is 102 Å². The molecule has 6 nitrogen and oxygen atoms in total. The number of rotatable bonds is 4. The molecule has 0 aromatic carbocycles. The van der Waals surface area contributed by atoms with E-state index in [1.165, 1.54) is 11.3 Å². The summed E-state index contributed by atoms with van der Waals surface area (Å²) >= 11 is 7.75. The van der Waals surface area contributed by atoms with Crippen LogP contribution in [0.5, 0.6) is 0 Å². The fraction of sp³-hybridized carbons (Fsp3) is 0.562. The van der Waals surface area contributed by atoms with E-state index in [1.54, 1.807) is 6.07 Å². The summed E-state index contributed by atoms with van der Waals surface area (Å²) < 4.78 is 36.6. The Bertz CT molecular complexity index is 924. The van der Waals surface area contributed by atoms with Crippen LogP contribution in [0, 0.1) is 11.8 Å². The summed E-state index contributed by atoms with van der Waals surface area (Å²) in [7, 11) is -4.24. The Kier molecular flexibility index (Phi) is 5.80. The van der Waals surface area contributed by atoms with Crippen LogP contribution >= 0.6 is 22.9 Å². The fourth-order valence-corrected chi connectivity index (χ4v) is 6.81. The zero-order chi connectivity index (χ0) is 18.9. The van der Waals surface area contributed by atoms with Gasteiger partial charge in [0.1, 0.15) is 10.6 Å². The minimum absolute atomic E-state index is 0.266. The smallest absolute Gasteiger partial charge is 0.208 e. The molecule has 1 aliphatic carbocycles. The number of aliphatic imine (C=N–C) groups is 1. The first-order valence-corrected chi connectivity index (χ1v) is 12.6. The molecule has 1 fully saturated rings. The van der Waals surface area contributed by atoms with E-state index in [0.717, 1.165) is 35.3 Å². The first-order valence-electron chi connectivity index (χ1n) is 8.16. The molecule has 142 valence electrons. The van der Waals surface area contributed by atoms with Crippen molar-refractivity contribution in [1.82, 2.24) is 4.72 Å². The predicted molar refractivity (Wildman–Crippen MR) is 108 cm³/mol. The molecule has 1 spiro atoms. The molecule has 1 saturated carbocycles. The van der Waals surface area contributed by atoms with E-state index in [1.807, 2.05) is 0 Å². The monoisotopic (exact) mass is 433 g/mol. The van der Waals surface area contributed by atoms with Gasteiger partial charge in [-0.2, -0.15) is 0 Å². The fourth-order valence-electron chi connectivity index (χ4n) is 2.98. The molecule has 2 atom stereocenters. The Labute approximate surface area is 165 Å². The number of nitrogens with zero attached hydrogens (tertiary/aromatic N) is 1. The summed E-state index contributed by atoms with van der Waals surface area (Å²) in [5, 5.41) is 0.552. The molecule has 2 aliphatic rings. The molecular formula is C16H20ClN3O3S3. The average Bonchev–Trinajstić information content (AvgIpc) is 2.84. The Morgan fingerprint density at radius 3 is 2.85 bits per heavy atom. The van der Waals surface area contributed by atoms with Crippen LogP contribution in [0.1, 0.15) is 41.5 Å². The molecule has 1 aromatic rings. The van der Waals surface area contributed by atoms with E-state index in [0.29, 0.717) is 23.0 Å². The van der Waals surface area contributed by atoms with Crippen molar-refractivity contribution in [2.75, 3.05) is 18.6 Å². The summed E-state index contributed by atoms with van der Waals surface area (Å²) in [4.78, 5) is 6.19. The lowest BCUT2D eigenvalue weighted by atomic mass is 9.83. The van der Waals surface area contributed by atoms with Crippen molar-refractivity contribution >= 4 is 49.6 Å². The number of thiophene rings is 1. The average molecular weight is 434 g/mol. The van der Waals surface area contributed by atoms with Crippen molar-refractivity contribution in [3.8, 4) is 11.8 Å². The van der Waals surface area contributed by atoms with Crippen LogP contribution in [-0.4, -0.2) is 41.8 Å². The van der Waals surface area contributed by atoms with E-state index in [-0.39, 0.29) is 12.6 Å². The number of nitrogens with two attached hydrogens (primary N) is 1. The molecule has 1 aliphatic heterocycles. The first-order chi connectivity index (χ1) is 12.2. The lowest BCUT2D eigenvalue weighted by Gasteiger charge is -2.43. The van der Waals surface area contributed by atoms with Gasteiger partial charge in [0.05, 0.1) is 32.8 Å². The van der Waals surface area contributed by atoms with Gasteiger partial charge in [-0.25, -0.2) is 13.1 Å². The van der Waals surface area contributed by atoms with Crippen LogP contribution in [0.25, 0.3) is 0 Å². The molecule has 2 heterocycles. The van der Waals surface area contributed by atoms with E-state index in [2.05, 4.69) is 21.6 Å². The van der Waals surface area contributed by atoms with Gasteiger partial charge in [-0.1, -0.05) is 23.4 Å². The molecule has 3 rings (SSSR count). The van der Waals surface area contributed by atoms with Crippen molar-refractivity contribution in [2.24, 2.45) is 10.7 Å². The van der Waals surface area contributed by atoms with E-state index < -0.39 is 25.6 Å². The molecule has 26 heavy (non-hydrogen) atoms. The highest BCUT2D eigenvalue weighted by atomic mass is 35.5. The van der Waals surface area contributed by atoms with Crippen molar-refractivity contribution < 1.29 is 12.6 Å². The van der Waals surface area contributed by atoms with Gasteiger partial charge in [0.25, 0.3) is 0 Å². The largest absolute Gasteiger partial charge is 0.386 e. The minimum Gasteiger partial charge on any atom is -0.386 e. The third kappa shape index (κ3) is 4.15. The molecule has 0 amide bonds. The van der Waals surface area contributed by atoms with E-state index >= 15 is 0 Å². The van der Waals surface area contributed by atoms with Crippen molar-refractivity contribution in [1.29, 1.82) is 0 Å². The summed E-state index contributed by atoms with van der Waals surface area (Å²) in [5.74, 6) is 6.83. The SMILES string of the molecule is CS(=O)(=O)NCCC#Cc1cc(Cl)c(C2CS(=O)C3(CCC3)C(N)=N2)s1. The molecule has 3 N–H and O–H groups in total. The number of sulfonamides is 1. The number of hydrogen-bond donors (Lipinski definition) is 2. The lowest BCUT2D eigenvalue weighted by molar-refractivity contribution is 0.430. The van der Waals surface area contributed by atoms with Gasteiger partial charge in [-0.3, -0.25) is 9.20 Å². The van der Waals surface area contributed by atoms with Gasteiger partial charge >= 0.3 is 0 Å². The number of halogens is 1. The van der Waals surface area contributed by atoms with Crippen LogP contribution in [0.3, 0.4) is 0 Å². The first kappa shape index (κ1) is 19.8. The Balaban J connectivity index is 1.70. The number of hydrogen-bond acceptors (Lipinski definition) is 6. The predicted octanol–water partition coefficient (Wildman–Crippen LogP) is 1.78. The quantitative estimate of drug-likeness (QED) is 0.558. The Hall–Kier alpha value is -0.920. The summed E-state index contributed by atoms with van der Waals surface area (Å²) in [6, 6.07) is 1.47. The van der Waals surface area contributed by atoms with Crippen molar-refractivity contribution in [2.45, 2.75) is 36.5 Å². The van der Waals surface area contributed by atoms with Crippen LogP contribution < -0.4 is 10.5 Å². The van der Waals surface area contributed by atoms with Gasteiger partial charge in [0.2, 0.25) is 10.0 Å². The zero-order valence-electron chi connectivity index (χ0n) is 14.2. The molecule has 0 bridgehead atoms. The number of nitrogens with one attached hydrogen (secondary N) is 1. The van der Waals surface area contributed by atoms with Gasteiger partial charge in [-0.05, 0) is 25.3 Å². The second-order valence-corrected chi connectivity index (χ2v) is 11.6. The van der Waals surface area contributed by atoms with Crippen molar-refractivity contribution in [3.05, 3.63) is 20.8 Å². The third-order valence-electron chi connectivity index (χ3n) is 4.51. The summed E-state index contributed by atoms with van der Waals surface area (Å²) in [5.41, 5.74) is 6.13. The highest BCUT2D eigenvalue weighted by molar-refractivity contribution is 7.88. The van der Waals surface area contributed by atoms with Crippen LogP contribution in [0.2, 0.25) is 5.02 Å². The molecular weight excluding hydrogens is 414 g/mol. The van der Waals surface area contributed by atoms with Gasteiger partial charge in [-0.15, -0.1) is 11.3 Å². The Morgan fingerprint density at radius 1 is 1.54 bits per heavy atom. The molecule has 1 aromatic heterocycles. The zero-order valence-corrected chi connectivity index (χ0v) is 17.5. The molecule has 10 heteroatoms. The molecule has 0 saturated heterocycles. The highest BCUT2D eigenvalue weighted by Gasteiger charge is 2.49. The summed E-state index contributed by atoms with van der Waals surface area (Å²) in [6.45, 7) is 0.266. The van der Waals surface area contributed by atoms with Crippen molar-refractivity contribution in [3.63, 3.8) is 0 Å². The maximum Gasteiger partial charge on any atom is 0.208 e. The van der Waals surface area contributed by atoms with Crippen LogP contribution in [0.15, 0.2) is 11.1 Å². The normalized spacial score (nSPS) is 24.5. The molecule has 0 radical (unpaired) electrons. The van der Waals surface area contributed by atoms with Crippen LogP contribution in [-0.2, 0) is 20.8 Å². The standard InChI is InChI=1S/C16H20ClN3O3S3/c1-26(22,23)19-8-3-2-5-11-9-12(17)14(24-11)13-10-25(21)16(6-4-7-16)15(18)20-13/h9,13,19H,3-4,6-8,10H2,1H3,(H2,18,20). The lowest BCUT2D eigenvalue weighted by Crippen LogP contribution is -2.56. The minimum atomic E-state index is -3.20. The highest BCUT2D eigenvalue weighted by Crippen LogP contribution is 2.44. The third-order valence-corrected chi connectivity index (χ3v) is 8.92.